The van der Waals surface area contributed by atoms with Gasteiger partial charge in [0.15, 0.2) is 0 Å². The molecule has 1 atom stereocenters. The van der Waals surface area contributed by atoms with Gasteiger partial charge in [-0.3, -0.25) is 0 Å². The lowest BCUT2D eigenvalue weighted by Crippen LogP contribution is -2.38. The number of carbonyl (C=O) groups is 1. The smallest absolute Gasteiger partial charge is 0.317 e. The highest BCUT2D eigenvalue weighted by atomic mass is 16.2. The van der Waals surface area contributed by atoms with Crippen LogP contribution >= 0.6 is 0 Å². The van der Waals surface area contributed by atoms with E-state index in [-0.39, 0.29) is 6.03 Å². The molecule has 1 rings (SSSR count). The molecule has 0 radical (unpaired) electrons. The Morgan fingerprint density at radius 1 is 1.62 bits per heavy atom. The van der Waals surface area contributed by atoms with Crippen LogP contribution in [0.15, 0.2) is 0 Å². The van der Waals surface area contributed by atoms with Gasteiger partial charge in [0.05, 0.1) is 0 Å². The molecular weight excluding hydrogens is 164 g/mol. The molecule has 1 saturated heterocycles. The summed E-state index contributed by atoms with van der Waals surface area (Å²) in [6.45, 7) is 8.99. The summed E-state index contributed by atoms with van der Waals surface area (Å²) in [6, 6.07) is 0.102. The number of amides is 2. The lowest BCUT2D eigenvalue weighted by Gasteiger charge is -2.18. The standard InChI is InChI=1S/C10H20N2O/c1-4-11-10(13)12-6-5-9(7-12)8(2)3/h8-9H,4-7H2,1-3H3,(H,11,13). The Balaban J connectivity index is 2.36. The normalized spacial score (nSPS) is 22.5. The second kappa shape index (κ2) is 4.49. The van der Waals surface area contributed by atoms with Crippen molar-refractivity contribution in [3.63, 3.8) is 0 Å². The van der Waals surface area contributed by atoms with Crippen LogP contribution in [0.3, 0.4) is 0 Å². The van der Waals surface area contributed by atoms with Crippen molar-refractivity contribution in [3.8, 4) is 0 Å². The van der Waals surface area contributed by atoms with Crippen molar-refractivity contribution in [3.05, 3.63) is 0 Å². The number of carbonyl (C=O) groups excluding carboxylic acids is 1. The molecule has 0 saturated carbocycles. The van der Waals surface area contributed by atoms with Crippen LogP contribution in [-0.4, -0.2) is 30.6 Å². The van der Waals surface area contributed by atoms with E-state index in [0.717, 1.165) is 26.1 Å². The quantitative estimate of drug-likeness (QED) is 0.696. The van der Waals surface area contributed by atoms with Crippen molar-refractivity contribution in [2.75, 3.05) is 19.6 Å². The van der Waals surface area contributed by atoms with Gasteiger partial charge in [-0.15, -0.1) is 0 Å². The second-order valence-electron chi connectivity index (χ2n) is 4.07. The Morgan fingerprint density at radius 3 is 2.77 bits per heavy atom. The van der Waals surface area contributed by atoms with Gasteiger partial charge in [0.2, 0.25) is 0 Å². The minimum atomic E-state index is 0.102. The zero-order chi connectivity index (χ0) is 9.84. The molecule has 2 amide bonds. The van der Waals surface area contributed by atoms with E-state index in [4.69, 9.17) is 0 Å². The number of nitrogens with zero attached hydrogens (tertiary/aromatic N) is 1. The molecular formula is C10H20N2O. The van der Waals surface area contributed by atoms with Gasteiger partial charge in [-0.05, 0) is 25.2 Å². The van der Waals surface area contributed by atoms with Gasteiger partial charge in [0, 0.05) is 19.6 Å². The average Bonchev–Trinajstić information content (AvgIpc) is 2.52. The predicted octanol–water partition coefficient (Wildman–Crippen LogP) is 1.69. The lowest BCUT2D eigenvalue weighted by atomic mass is 9.95. The first-order valence-corrected chi connectivity index (χ1v) is 5.18. The molecule has 1 fully saturated rings. The van der Waals surface area contributed by atoms with Gasteiger partial charge >= 0.3 is 6.03 Å². The summed E-state index contributed by atoms with van der Waals surface area (Å²) in [6.07, 6.45) is 1.16. The first-order valence-electron chi connectivity index (χ1n) is 5.18. The molecule has 0 aromatic rings. The number of nitrogens with one attached hydrogen (secondary N) is 1. The zero-order valence-electron chi connectivity index (χ0n) is 8.84. The van der Waals surface area contributed by atoms with Crippen LogP contribution in [0.1, 0.15) is 27.2 Å². The van der Waals surface area contributed by atoms with E-state index < -0.39 is 0 Å². The zero-order valence-corrected chi connectivity index (χ0v) is 8.84. The van der Waals surface area contributed by atoms with Gasteiger partial charge < -0.3 is 10.2 Å². The van der Waals surface area contributed by atoms with Crippen molar-refractivity contribution in [1.29, 1.82) is 0 Å². The van der Waals surface area contributed by atoms with E-state index in [2.05, 4.69) is 19.2 Å². The first-order chi connectivity index (χ1) is 6.15. The van der Waals surface area contributed by atoms with Crippen molar-refractivity contribution in [2.45, 2.75) is 27.2 Å². The molecule has 0 aliphatic carbocycles. The number of hydrogen-bond acceptors (Lipinski definition) is 1. The fraction of sp³-hybridized carbons (Fsp3) is 0.900. The minimum Gasteiger partial charge on any atom is -0.338 e. The van der Waals surface area contributed by atoms with Gasteiger partial charge in [0.25, 0.3) is 0 Å². The van der Waals surface area contributed by atoms with E-state index in [1.54, 1.807) is 0 Å². The van der Waals surface area contributed by atoms with Crippen molar-refractivity contribution >= 4 is 6.03 Å². The summed E-state index contributed by atoms with van der Waals surface area (Å²) in [5.41, 5.74) is 0. The monoisotopic (exact) mass is 184 g/mol. The Bertz CT molecular complexity index is 180. The summed E-state index contributed by atoms with van der Waals surface area (Å²) in [5.74, 6) is 1.39. The highest BCUT2D eigenvalue weighted by Crippen LogP contribution is 2.23. The van der Waals surface area contributed by atoms with E-state index >= 15 is 0 Å². The van der Waals surface area contributed by atoms with E-state index in [1.165, 1.54) is 0 Å². The van der Waals surface area contributed by atoms with Crippen LogP contribution in [0.25, 0.3) is 0 Å². The molecule has 0 aromatic heterocycles. The maximum atomic E-state index is 11.4. The Hall–Kier alpha value is -0.730. The van der Waals surface area contributed by atoms with Crippen molar-refractivity contribution in [1.82, 2.24) is 10.2 Å². The Kier molecular flexibility index (Phi) is 3.58. The van der Waals surface area contributed by atoms with Crippen LogP contribution < -0.4 is 5.32 Å². The average molecular weight is 184 g/mol. The molecule has 0 aromatic carbocycles. The number of urea groups is 1. The van der Waals surface area contributed by atoms with Gasteiger partial charge in [-0.2, -0.15) is 0 Å². The number of hydrogen-bond donors (Lipinski definition) is 1. The topological polar surface area (TPSA) is 32.3 Å². The van der Waals surface area contributed by atoms with Gasteiger partial charge in [-0.1, -0.05) is 13.8 Å². The largest absolute Gasteiger partial charge is 0.338 e. The summed E-state index contributed by atoms with van der Waals surface area (Å²) in [4.78, 5) is 13.4. The molecule has 1 aliphatic rings. The van der Waals surface area contributed by atoms with E-state index in [1.807, 2.05) is 11.8 Å². The highest BCUT2D eigenvalue weighted by molar-refractivity contribution is 5.74. The summed E-state index contributed by atoms with van der Waals surface area (Å²) in [5, 5.41) is 2.83. The van der Waals surface area contributed by atoms with Gasteiger partial charge in [-0.25, -0.2) is 4.79 Å². The molecule has 3 heteroatoms. The minimum absolute atomic E-state index is 0.102. The fourth-order valence-corrected chi connectivity index (χ4v) is 1.78. The Morgan fingerprint density at radius 2 is 2.31 bits per heavy atom. The maximum absolute atomic E-state index is 11.4. The molecule has 1 aliphatic heterocycles. The molecule has 1 unspecified atom stereocenters. The number of rotatable bonds is 2. The van der Waals surface area contributed by atoms with Crippen LogP contribution in [0, 0.1) is 11.8 Å². The predicted molar refractivity (Wildman–Crippen MR) is 53.6 cm³/mol. The van der Waals surface area contributed by atoms with Crippen molar-refractivity contribution < 1.29 is 4.79 Å². The van der Waals surface area contributed by atoms with Crippen LogP contribution in [0.2, 0.25) is 0 Å². The fourth-order valence-electron chi connectivity index (χ4n) is 1.78. The first kappa shape index (κ1) is 10.4. The van der Waals surface area contributed by atoms with E-state index in [0.29, 0.717) is 11.8 Å². The Labute approximate surface area is 80.5 Å². The highest BCUT2D eigenvalue weighted by Gasteiger charge is 2.27. The molecule has 3 nitrogen and oxygen atoms in total. The molecule has 76 valence electrons. The van der Waals surface area contributed by atoms with Gasteiger partial charge in [0.1, 0.15) is 0 Å². The molecule has 13 heavy (non-hydrogen) atoms. The SMILES string of the molecule is CCNC(=O)N1CCC(C(C)C)C1. The summed E-state index contributed by atoms with van der Waals surface area (Å²) < 4.78 is 0. The molecule has 1 heterocycles. The molecule has 0 spiro atoms. The summed E-state index contributed by atoms with van der Waals surface area (Å²) in [7, 11) is 0. The second-order valence-corrected chi connectivity index (χ2v) is 4.07. The number of likely N-dealkylation sites (tertiary alicyclic amines) is 1. The van der Waals surface area contributed by atoms with E-state index in [9.17, 15) is 4.79 Å². The maximum Gasteiger partial charge on any atom is 0.317 e. The molecule has 0 bridgehead atoms. The van der Waals surface area contributed by atoms with Crippen molar-refractivity contribution in [2.24, 2.45) is 11.8 Å². The van der Waals surface area contributed by atoms with Crippen LogP contribution in [0.4, 0.5) is 4.79 Å². The lowest BCUT2D eigenvalue weighted by molar-refractivity contribution is 0.206. The third-order valence-corrected chi connectivity index (χ3v) is 2.78. The third kappa shape index (κ3) is 2.61. The van der Waals surface area contributed by atoms with Crippen LogP contribution in [0.5, 0.6) is 0 Å². The molecule has 1 N–H and O–H groups in total. The van der Waals surface area contributed by atoms with Crippen LogP contribution in [-0.2, 0) is 0 Å². The summed E-state index contributed by atoms with van der Waals surface area (Å²) >= 11 is 0. The third-order valence-electron chi connectivity index (χ3n) is 2.78.